The minimum Gasteiger partial charge on any atom is -0.452 e. The predicted octanol–water partition coefficient (Wildman–Crippen LogP) is 1.16. The molecule has 8 nitrogen and oxygen atoms in total. The second-order valence-corrected chi connectivity index (χ2v) is 8.74. The fraction of sp³-hybridized carbons (Fsp3) is 0.556. The van der Waals surface area contributed by atoms with Crippen LogP contribution in [0.25, 0.3) is 0 Å². The first-order valence-electron chi connectivity index (χ1n) is 8.97. The van der Waals surface area contributed by atoms with Crippen molar-refractivity contribution < 1.29 is 31.9 Å². The van der Waals surface area contributed by atoms with Crippen LogP contribution in [0.3, 0.4) is 0 Å². The van der Waals surface area contributed by atoms with Crippen molar-refractivity contribution in [2.45, 2.75) is 31.7 Å². The maximum Gasteiger partial charge on any atom is 0.338 e. The normalized spacial score (nSPS) is 16.6. The molecule has 1 atom stereocenters. The zero-order valence-electron chi connectivity index (χ0n) is 16.1. The number of esters is 1. The summed E-state index contributed by atoms with van der Waals surface area (Å²) in [5, 5.41) is 2.68. The number of ether oxygens (including phenoxy) is 2. The van der Waals surface area contributed by atoms with Crippen molar-refractivity contribution >= 4 is 21.9 Å². The van der Waals surface area contributed by atoms with Gasteiger partial charge in [0.1, 0.15) is 10.7 Å². The van der Waals surface area contributed by atoms with E-state index in [4.69, 9.17) is 9.47 Å². The molecule has 1 aliphatic rings. The topological polar surface area (TPSA) is 102 Å². The summed E-state index contributed by atoms with van der Waals surface area (Å²) in [6.07, 6.45) is 0. The van der Waals surface area contributed by atoms with Gasteiger partial charge in [-0.25, -0.2) is 17.6 Å². The van der Waals surface area contributed by atoms with Gasteiger partial charge in [-0.3, -0.25) is 4.79 Å². The van der Waals surface area contributed by atoms with E-state index in [0.29, 0.717) is 0 Å². The monoisotopic (exact) mass is 416 g/mol. The molecule has 1 aromatic carbocycles. The van der Waals surface area contributed by atoms with E-state index >= 15 is 0 Å². The van der Waals surface area contributed by atoms with Gasteiger partial charge in [0.2, 0.25) is 10.0 Å². The zero-order chi connectivity index (χ0) is 20.9. The summed E-state index contributed by atoms with van der Waals surface area (Å²) in [6, 6.07) is 2.84. The molecule has 1 saturated heterocycles. The van der Waals surface area contributed by atoms with Crippen LogP contribution in [-0.2, 0) is 24.3 Å². The van der Waals surface area contributed by atoms with Crippen LogP contribution in [0.2, 0.25) is 0 Å². The number of benzene rings is 1. The summed E-state index contributed by atoms with van der Waals surface area (Å²) in [7, 11) is -4.11. The van der Waals surface area contributed by atoms with E-state index in [0.717, 1.165) is 22.5 Å². The van der Waals surface area contributed by atoms with E-state index in [9.17, 15) is 22.4 Å². The van der Waals surface area contributed by atoms with Crippen molar-refractivity contribution in [3.05, 3.63) is 29.6 Å². The molecule has 0 aromatic heterocycles. The maximum atomic E-state index is 14.2. The third kappa shape index (κ3) is 5.49. The van der Waals surface area contributed by atoms with Crippen molar-refractivity contribution in [3.8, 4) is 0 Å². The highest BCUT2D eigenvalue weighted by atomic mass is 32.2. The predicted molar refractivity (Wildman–Crippen MR) is 98.7 cm³/mol. The van der Waals surface area contributed by atoms with Gasteiger partial charge in [-0.05, 0) is 31.0 Å². The second-order valence-electron chi connectivity index (χ2n) is 6.84. The number of morpholine rings is 1. The Labute approximate surface area is 164 Å². The number of halogens is 1. The molecule has 0 saturated carbocycles. The number of nitrogens with zero attached hydrogens (tertiary/aromatic N) is 1. The number of hydrogen-bond acceptors (Lipinski definition) is 6. The van der Waals surface area contributed by atoms with Crippen LogP contribution in [0.15, 0.2) is 23.1 Å². The quantitative estimate of drug-likeness (QED) is 0.670. The molecular formula is C18H25FN2O6S. The Hall–Kier alpha value is -2.04. The molecule has 1 heterocycles. The van der Waals surface area contributed by atoms with E-state index in [-0.39, 0.29) is 43.8 Å². The zero-order valence-corrected chi connectivity index (χ0v) is 16.9. The third-order valence-electron chi connectivity index (χ3n) is 4.48. The van der Waals surface area contributed by atoms with Crippen LogP contribution in [0.1, 0.15) is 31.1 Å². The summed E-state index contributed by atoms with van der Waals surface area (Å²) in [5.41, 5.74) is -0.155. The molecule has 1 N–H and O–H groups in total. The molecule has 0 unspecified atom stereocenters. The molecular weight excluding hydrogens is 391 g/mol. The van der Waals surface area contributed by atoms with E-state index in [2.05, 4.69) is 5.32 Å². The number of hydrogen-bond donors (Lipinski definition) is 1. The summed E-state index contributed by atoms with van der Waals surface area (Å²) in [5.74, 6) is -2.14. The standard InChI is InChI=1S/C18H25FN2O6S/c1-12(2)13(3)20-17(22)11-27-18(23)14-4-5-15(19)16(10-14)28(24,25)21-6-8-26-9-7-21/h4-5,10,12-13H,6-9,11H2,1-3H3,(H,20,22)/t13-/m1/s1. The molecule has 1 aromatic rings. The smallest absolute Gasteiger partial charge is 0.338 e. The lowest BCUT2D eigenvalue weighted by Gasteiger charge is -2.26. The largest absolute Gasteiger partial charge is 0.452 e. The van der Waals surface area contributed by atoms with Gasteiger partial charge in [-0.1, -0.05) is 13.8 Å². The molecule has 0 spiro atoms. The summed E-state index contributed by atoms with van der Waals surface area (Å²) in [4.78, 5) is 23.4. The molecule has 2 rings (SSSR count). The Morgan fingerprint density at radius 2 is 1.89 bits per heavy atom. The van der Waals surface area contributed by atoms with Crippen molar-refractivity contribution in [2.75, 3.05) is 32.9 Å². The maximum absolute atomic E-state index is 14.2. The first-order chi connectivity index (χ1) is 13.1. The van der Waals surface area contributed by atoms with Gasteiger partial charge >= 0.3 is 5.97 Å². The van der Waals surface area contributed by atoms with Gasteiger partial charge in [0.15, 0.2) is 6.61 Å². The lowest BCUT2D eigenvalue weighted by atomic mass is 10.1. The van der Waals surface area contributed by atoms with E-state index in [1.807, 2.05) is 20.8 Å². The Balaban J connectivity index is 2.09. The first-order valence-corrected chi connectivity index (χ1v) is 10.4. The molecule has 10 heteroatoms. The van der Waals surface area contributed by atoms with Crippen molar-refractivity contribution in [1.82, 2.24) is 9.62 Å². The molecule has 28 heavy (non-hydrogen) atoms. The molecule has 1 fully saturated rings. The SMILES string of the molecule is CC(C)[C@@H](C)NC(=O)COC(=O)c1ccc(F)c(S(=O)(=O)N2CCOCC2)c1. The van der Waals surface area contributed by atoms with Crippen molar-refractivity contribution in [2.24, 2.45) is 5.92 Å². The Bertz CT molecular complexity index is 821. The Kier molecular flexibility index (Phi) is 7.50. The van der Waals surface area contributed by atoms with Gasteiger partial charge in [0.05, 0.1) is 18.8 Å². The van der Waals surface area contributed by atoms with Crippen LogP contribution in [0.4, 0.5) is 4.39 Å². The number of amides is 1. The summed E-state index contributed by atoms with van der Waals surface area (Å²) in [6.45, 7) is 5.82. The number of nitrogens with one attached hydrogen (secondary N) is 1. The minimum atomic E-state index is -4.11. The van der Waals surface area contributed by atoms with Crippen LogP contribution in [0.5, 0.6) is 0 Å². The highest BCUT2D eigenvalue weighted by Crippen LogP contribution is 2.22. The minimum absolute atomic E-state index is 0.0951. The van der Waals surface area contributed by atoms with Gasteiger partial charge in [-0.2, -0.15) is 4.31 Å². The molecule has 156 valence electrons. The molecule has 0 bridgehead atoms. The molecule has 1 amide bonds. The number of sulfonamides is 1. The average molecular weight is 416 g/mol. The highest BCUT2D eigenvalue weighted by molar-refractivity contribution is 7.89. The first kappa shape index (κ1) is 22.3. The molecule has 0 aliphatic carbocycles. The van der Waals surface area contributed by atoms with Gasteiger partial charge in [0.25, 0.3) is 5.91 Å². The van der Waals surface area contributed by atoms with Crippen LogP contribution in [-0.4, -0.2) is 63.6 Å². The van der Waals surface area contributed by atoms with E-state index in [1.165, 1.54) is 0 Å². The number of rotatable bonds is 7. The van der Waals surface area contributed by atoms with Crippen LogP contribution < -0.4 is 5.32 Å². The van der Waals surface area contributed by atoms with Crippen LogP contribution in [0, 0.1) is 11.7 Å². The molecule has 0 radical (unpaired) electrons. The van der Waals surface area contributed by atoms with Crippen molar-refractivity contribution in [1.29, 1.82) is 0 Å². The van der Waals surface area contributed by atoms with Gasteiger partial charge in [0, 0.05) is 19.1 Å². The van der Waals surface area contributed by atoms with E-state index in [1.54, 1.807) is 0 Å². The van der Waals surface area contributed by atoms with E-state index < -0.39 is 39.2 Å². The van der Waals surface area contributed by atoms with Crippen molar-refractivity contribution in [3.63, 3.8) is 0 Å². The fourth-order valence-corrected chi connectivity index (χ4v) is 3.93. The summed E-state index contributed by atoms with van der Waals surface area (Å²) < 4.78 is 50.6. The number of carbonyl (C=O) groups is 2. The number of carbonyl (C=O) groups excluding carboxylic acids is 2. The second kappa shape index (κ2) is 9.44. The lowest BCUT2D eigenvalue weighted by Crippen LogP contribution is -2.41. The fourth-order valence-electron chi connectivity index (χ4n) is 2.43. The Morgan fingerprint density at radius 3 is 2.50 bits per heavy atom. The Morgan fingerprint density at radius 1 is 1.25 bits per heavy atom. The van der Waals surface area contributed by atoms with Crippen LogP contribution >= 0.6 is 0 Å². The summed E-state index contributed by atoms with van der Waals surface area (Å²) >= 11 is 0. The third-order valence-corrected chi connectivity index (χ3v) is 6.39. The lowest BCUT2D eigenvalue weighted by molar-refractivity contribution is -0.125. The average Bonchev–Trinajstić information content (AvgIpc) is 2.66. The highest BCUT2D eigenvalue weighted by Gasteiger charge is 2.30. The molecule has 1 aliphatic heterocycles. The van der Waals surface area contributed by atoms with Gasteiger partial charge < -0.3 is 14.8 Å². The van der Waals surface area contributed by atoms with Gasteiger partial charge in [-0.15, -0.1) is 0 Å².